The summed E-state index contributed by atoms with van der Waals surface area (Å²) in [5.41, 5.74) is 1.18. The van der Waals surface area contributed by atoms with Crippen molar-refractivity contribution in [2.24, 2.45) is 5.10 Å². The van der Waals surface area contributed by atoms with Gasteiger partial charge in [0.2, 0.25) is 0 Å². The first kappa shape index (κ1) is 11.6. The third kappa shape index (κ3) is 2.29. The van der Waals surface area contributed by atoms with E-state index in [9.17, 15) is 20.2 Å². The molecule has 1 rings (SSSR count). The summed E-state index contributed by atoms with van der Waals surface area (Å²) in [7, 11) is 0. The number of anilines is 1. The Hall–Kier alpha value is -2.51. The van der Waals surface area contributed by atoms with Crippen LogP contribution in [-0.2, 0) is 0 Å². The van der Waals surface area contributed by atoms with Crippen molar-refractivity contribution in [3.8, 4) is 0 Å². The molecule has 1 aromatic carbocycles. The molecule has 0 radical (unpaired) electrons. The molecule has 0 saturated heterocycles. The van der Waals surface area contributed by atoms with E-state index < -0.39 is 21.2 Å². The normalized spacial score (nSPS) is 10.3. The first-order chi connectivity index (χ1) is 7.57. The second kappa shape index (κ2) is 4.82. The second-order valence-electron chi connectivity index (χ2n) is 2.69. The van der Waals surface area contributed by atoms with E-state index in [2.05, 4.69) is 10.5 Å². The van der Waals surface area contributed by atoms with E-state index in [0.717, 1.165) is 6.07 Å². The minimum Gasteiger partial charge on any atom is -0.272 e. The lowest BCUT2D eigenvalue weighted by atomic mass is 10.2. The van der Waals surface area contributed by atoms with Crippen LogP contribution in [-0.4, -0.2) is 16.1 Å². The van der Waals surface area contributed by atoms with Crippen molar-refractivity contribution in [3.63, 3.8) is 0 Å². The van der Waals surface area contributed by atoms with Crippen molar-refractivity contribution < 1.29 is 9.85 Å². The molecule has 8 nitrogen and oxygen atoms in total. The quantitative estimate of drug-likeness (QED) is 0.477. The van der Waals surface area contributed by atoms with Crippen LogP contribution >= 0.6 is 0 Å². The summed E-state index contributed by atoms with van der Waals surface area (Å²) >= 11 is 0. The Kier molecular flexibility index (Phi) is 3.49. The zero-order valence-corrected chi connectivity index (χ0v) is 8.28. The van der Waals surface area contributed by atoms with Gasteiger partial charge in [0, 0.05) is 12.3 Å². The lowest BCUT2D eigenvalue weighted by molar-refractivity contribution is -0.421. The van der Waals surface area contributed by atoms with Gasteiger partial charge in [-0.1, -0.05) is 6.07 Å². The number of hydrazone groups is 1. The van der Waals surface area contributed by atoms with E-state index >= 15 is 0 Å². The largest absolute Gasteiger partial charge is 0.370 e. The minimum atomic E-state index is -0.814. The van der Waals surface area contributed by atoms with Gasteiger partial charge >= 0.3 is 11.4 Å². The molecule has 0 saturated carbocycles. The molecule has 1 N–H and O–H groups in total. The predicted octanol–water partition coefficient (Wildman–Crippen LogP) is 1.92. The third-order valence-corrected chi connectivity index (χ3v) is 1.71. The molecular formula is C8H8N4O4. The van der Waals surface area contributed by atoms with Crippen LogP contribution in [0.5, 0.6) is 0 Å². The van der Waals surface area contributed by atoms with Crippen molar-refractivity contribution >= 4 is 23.3 Å². The molecule has 0 atom stereocenters. The van der Waals surface area contributed by atoms with Gasteiger partial charge in [-0.25, -0.2) is 0 Å². The van der Waals surface area contributed by atoms with E-state index in [1.54, 1.807) is 6.92 Å². The molecule has 0 spiro atoms. The summed E-state index contributed by atoms with van der Waals surface area (Å²) in [6.07, 6.45) is 1.38. The van der Waals surface area contributed by atoms with Gasteiger partial charge in [-0.15, -0.1) is 0 Å². The van der Waals surface area contributed by atoms with Gasteiger partial charge in [-0.05, 0) is 13.0 Å². The highest BCUT2D eigenvalue weighted by Crippen LogP contribution is 2.34. The van der Waals surface area contributed by atoms with E-state index in [0.29, 0.717) is 0 Å². The second-order valence-corrected chi connectivity index (χ2v) is 2.69. The molecule has 0 fully saturated rings. The number of hydrogen-bond donors (Lipinski definition) is 1. The Labute approximate surface area is 89.9 Å². The highest BCUT2D eigenvalue weighted by molar-refractivity contribution is 5.72. The smallest absolute Gasteiger partial charge is 0.272 e. The number of rotatable bonds is 4. The maximum Gasteiger partial charge on any atom is 0.370 e. The van der Waals surface area contributed by atoms with Gasteiger partial charge in [0.1, 0.15) is 5.69 Å². The van der Waals surface area contributed by atoms with Crippen LogP contribution in [0.2, 0.25) is 0 Å². The van der Waals surface area contributed by atoms with Gasteiger partial charge < -0.3 is 0 Å². The summed E-state index contributed by atoms with van der Waals surface area (Å²) in [6, 6.07) is 3.76. The van der Waals surface area contributed by atoms with Gasteiger partial charge in [-0.3, -0.25) is 25.7 Å². The van der Waals surface area contributed by atoms with Crippen molar-refractivity contribution in [2.75, 3.05) is 5.43 Å². The molecule has 0 bridgehead atoms. The average molecular weight is 224 g/mol. The van der Waals surface area contributed by atoms with Gasteiger partial charge in [-0.2, -0.15) is 5.10 Å². The Morgan fingerprint density at radius 2 is 2.00 bits per heavy atom. The Morgan fingerprint density at radius 1 is 1.31 bits per heavy atom. The van der Waals surface area contributed by atoms with Crippen LogP contribution < -0.4 is 5.43 Å². The summed E-state index contributed by atoms with van der Waals surface area (Å²) in [6.45, 7) is 1.61. The summed E-state index contributed by atoms with van der Waals surface area (Å²) in [5.74, 6) is 0. The van der Waals surface area contributed by atoms with Crippen LogP contribution in [0.1, 0.15) is 6.92 Å². The van der Waals surface area contributed by atoms with E-state index in [4.69, 9.17) is 0 Å². The van der Waals surface area contributed by atoms with Crippen LogP contribution in [0.25, 0.3) is 0 Å². The maximum atomic E-state index is 10.7. The SMILES string of the molecule is CC=NNc1cccc([N+](=O)[O-])c1[N+](=O)[O-]. The highest BCUT2D eigenvalue weighted by atomic mass is 16.6. The number of nitro benzene ring substituents is 2. The van der Waals surface area contributed by atoms with Gasteiger partial charge in [0.25, 0.3) is 0 Å². The Morgan fingerprint density at radius 3 is 2.50 bits per heavy atom. The number of benzene rings is 1. The molecule has 0 amide bonds. The zero-order chi connectivity index (χ0) is 12.1. The summed E-state index contributed by atoms with van der Waals surface area (Å²) < 4.78 is 0. The Bertz CT molecular complexity index is 457. The molecule has 84 valence electrons. The topological polar surface area (TPSA) is 111 Å². The van der Waals surface area contributed by atoms with Crippen molar-refractivity contribution in [1.82, 2.24) is 0 Å². The van der Waals surface area contributed by atoms with E-state index in [-0.39, 0.29) is 5.69 Å². The lowest BCUT2D eigenvalue weighted by Gasteiger charge is -2.01. The van der Waals surface area contributed by atoms with Crippen LogP contribution in [0.3, 0.4) is 0 Å². The zero-order valence-electron chi connectivity index (χ0n) is 8.28. The first-order valence-corrected chi connectivity index (χ1v) is 4.23. The minimum absolute atomic E-state index is 0.0164. The molecule has 0 aliphatic rings. The van der Waals surface area contributed by atoms with Gasteiger partial charge in [0.15, 0.2) is 0 Å². The van der Waals surface area contributed by atoms with Crippen LogP contribution in [0, 0.1) is 20.2 Å². The van der Waals surface area contributed by atoms with Crippen LogP contribution in [0.15, 0.2) is 23.3 Å². The number of nitrogens with zero attached hydrogens (tertiary/aromatic N) is 3. The molecule has 0 aromatic heterocycles. The molecule has 0 aliphatic heterocycles. The van der Waals surface area contributed by atoms with Gasteiger partial charge in [0.05, 0.1) is 9.85 Å². The fourth-order valence-corrected chi connectivity index (χ4v) is 1.09. The van der Waals surface area contributed by atoms with Crippen molar-refractivity contribution in [2.45, 2.75) is 6.92 Å². The van der Waals surface area contributed by atoms with Crippen molar-refractivity contribution in [1.29, 1.82) is 0 Å². The van der Waals surface area contributed by atoms with Crippen molar-refractivity contribution in [3.05, 3.63) is 38.4 Å². The highest BCUT2D eigenvalue weighted by Gasteiger charge is 2.27. The standard InChI is InChI=1S/C8H8N4O4/c1-2-9-10-6-4-3-5-7(11(13)14)8(6)12(15)16/h2-5,10H,1H3. The summed E-state index contributed by atoms with van der Waals surface area (Å²) in [4.78, 5) is 19.7. The fraction of sp³-hybridized carbons (Fsp3) is 0.125. The molecule has 1 aromatic rings. The molecule has 16 heavy (non-hydrogen) atoms. The Balaban J connectivity index is 3.32. The number of hydrogen-bond acceptors (Lipinski definition) is 6. The molecular weight excluding hydrogens is 216 g/mol. The van der Waals surface area contributed by atoms with E-state index in [1.807, 2.05) is 0 Å². The number of para-hydroxylation sites is 1. The molecule has 8 heteroatoms. The predicted molar refractivity (Wildman–Crippen MR) is 57.5 cm³/mol. The monoisotopic (exact) mass is 224 g/mol. The number of nitro groups is 2. The van der Waals surface area contributed by atoms with E-state index in [1.165, 1.54) is 18.3 Å². The first-order valence-electron chi connectivity index (χ1n) is 4.23. The number of nitrogens with one attached hydrogen (secondary N) is 1. The third-order valence-electron chi connectivity index (χ3n) is 1.71. The molecule has 0 heterocycles. The lowest BCUT2D eigenvalue weighted by Crippen LogP contribution is -2.00. The fourth-order valence-electron chi connectivity index (χ4n) is 1.09. The molecule has 0 aliphatic carbocycles. The maximum absolute atomic E-state index is 10.7. The average Bonchev–Trinajstić information content (AvgIpc) is 2.25. The summed E-state index contributed by atoms with van der Waals surface area (Å²) in [5, 5.41) is 24.9. The molecule has 0 unspecified atom stereocenters. The van der Waals surface area contributed by atoms with Crippen LogP contribution in [0.4, 0.5) is 17.1 Å².